The summed E-state index contributed by atoms with van der Waals surface area (Å²) in [4.78, 5) is 14.2. The lowest BCUT2D eigenvalue weighted by molar-refractivity contribution is 0.0720. The average Bonchev–Trinajstić information content (AvgIpc) is 2.69. The lowest BCUT2D eigenvalue weighted by Gasteiger charge is -2.27. The molecule has 0 spiro atoms. The van der Waals surface area contributed by atoms with E-state index < -0.39 is 0 Å². The Morgan fingerprint density at radius 1 is 1.42 bits per heavy atom. The molecular formula is C14H18BrFN2O. The second-order valence-electron chi connectivity index (χ2n) is 4.88. The molecular weight excluding hydrogens is 311 g/mol. The normalized spacial score (nSPS) is 19.8. The zero-order valence-corrected chi connectivity index (χ0v) is 12.5. The van der Waals surface area contributed by atoms with Crippen LogP contribution >= 0.6 is 15.9 Å². The molecule has 1 aromatic carbocycles. The number of nitrogens with zero attached hydrogens (tertiary/aromatic N) is 1. The summed E-state index contributed by atoms with van der Waals surface area (Å²) in [6.07, 6.45) is 3.05. The maximum absolute atomic E-state index is 13.2. The molecule has 1 fully saturated rings. The highest BCUT2D eigenvalue weighted by Gasteiger charge is 2.22. The Morgan fingerprint density at radius 3 is 2.95 bits per heavy atom. The second kappa shape index (κ2) is 6.48. The maximum atomic E-state index is 13.2. The third kappa shape index (κ3) is 3.54. The minimum Gasteiger partial charge on any atom is -0.339 e. The maximum Gasteiger partial charge on any atom is 0.253 e. The predicted molar refractivity (Wildman–Crippen MR) is 76.7 cm³/mol. The van der Waals surface area contributed by atoms with E-state index in [2.05, 4.69) is 21.2 Å². The molecule has 19 heavy (non-hydrogen) atoms. The van der Waals surface area contributed by atoms with Crippen LogP contribution in [-0.4, -0.2) is 37.0 Å². The van der Waals surface area contributed by atoms with Crippen molar-refractivity contribution in [2.24, 2.45) is 0 Å². The van der Waals surface area contributed by atoms with E-state index in [1.165, 1.54) is 12.1 Å². The number of amides is 1. The Kier molecular flexibility index (Phi) is 4.93. The largest absolute Gasteiger partial charge is 0.339 e. The van der Waals surface area contributed by atoms with Gasteiger partial charge in [-0.05, 0) is 66.5 Å². The highest BCUT2D eigenvalue weighted by atomic mass is 79.9. The highest BCUT2D eigenvalue weighted by molar-refractivity contribution is 9.10. The van der Waals surface area contributed by atoms with Crippen molar-refractivity contribution in [1.82, 2.24) is 10.2 Å². The van der Waals surface area contributed by atoms with E-state index in [9.17, 15) is 9.18 Å². The average molecular weight is 329 g/mol. The van der Waals surface area contributed by atoms with Gasteiger partial charge in [-0.3, -0.25) is 4.79 Å². The van der Waals surface area contributed by atoms with E-state index in [4.69, 9.17) is 0 Å². The molecule has 1 saturated heterocycles. The number of rotatable bonds is 2. The molecule has 0 aliphatic carbocycles. The number of carbonyl (C=O) groups is 1. The van der Waals surface area contributed by atoms with Gasteiger partial charge in [-0.1, -0.05) is 0 Å². The SMILES string of the molecule is CN(C(=O)c1ccc(F)c(Br)c1)C1CCCNCC1. The first-order valence-electron chi connectivity index (χ1n) is 6.52. The molecule has 5 heteroatoms. The van der Waals surface area contributed by atoms with Crippen molar-refractivity contribution in [3.05, 3.63) is 34.1 Å². The van der Waals surface area contributed by atoms with Crippen LogP contribution in [0.4, 0.5) is 4.39 Å². The topological polar surface area (TPSA) is 32.3 Å². The first-order valence-corrected chi connectivity index (χ1v) is 7.32. The molecule has 0 saturated carbocycles. The van der Waals surface area contributed by atoms with E-state index in [0.717, 1.165) is 32.4 Å². The van der Waals surface area contributed by atoms with Crippen molar-refractivity contribution in [1.29, 1.82) is 0 Å². The molecule has 1 atom stereocenters. The van der Waals surface area contributed by atoms with Crippen LogP contribution < -0.4 is 5.32 Å². The van der Waals surface area contributed by atoms with Gasteiger partial charge in [0, 0.05) is 18.7 Å². The molecule has 1 aliphatic heterocycles. The number of nitrogens with one attached hydrogen (secondary N) is 1. The molecule has 1 heterocycles. The molecule has 3 nitrogen and oxygen atoms in total. The molecule has 0 bridgehead atoms. The standard InChI is InChI=1S/C14H18BrFN2O/c1-18(11-3-2-7-17-8-6-11)14(19)10-4-5-13(16)12(15)9-10/h4-5,9,11,17H,2-3,6-8H2,1H3. The smallest absolute Gasteiger partial charge is 0.253 e. The van der Waals surface area contributed by atoms with E-state index >= 15 is 0 Å². The fourth-order valence-corrected chi connectivity index (χ4v) is 2.77. The summed E-state index contributed by atoms with van der Waals surface area (Å²) in [5.41, 5.74) is 0.521. The van der Waals surface area contributed by atoms with Gasteiger partial charge in [0.2, 0.25) is 0 Å². The van der Waals surface area contributed by atoms with Crippen molar-refractivity contribution in [2.75, 3.05) is 20.1 Å². The Morgan fingerprint density at radius 2 is 2.21 bits per heavy atom. The van der Waals surface area contributed by atoms with Crippen LogP contribution in [0.25, 0.3) is 0 Å². The quantitative estimate of drug-likeness (QED) is 0.905. The predicted octanol–water partition coefficient (Wildman–Crippen LogP) is 2.80. The van der Waals surface area contributed by atoms with E-state index in [0.29, 0.717) is 10.0 Å². The summed E-state index contributed by atoms with van der Waals surface area (Å²) in [5.74, 6) is -0.398. The van der Waals surface area contributed by atoms with Crippen molar-refractivity contribution < 1.29 is 9.18 Å². The van der Waals surface area contributed by atoms with E-state index in [1.54, 1.807) is 11.0 Å². The number of hydrogen-bond donors (Lipinski definition) is 1. The third-order valence-electron chi connectivity index (χ3n) is 3.58. The number of carbonyl (C=O) groups excluding carboxylic acids is 1. The second-order valence-corrected chi connectivity index (χ2v) is 5.73. The summed E-state index contributed by atoms with van der Waals surface area (Å²) in [7, 11) is 1.83. The van der Waals surface area contributed by atoms with Crippen LogP contribution in [0.5, 0.6) is 0 Å². The molecule has 2 rings (SSSR count). The van der Waals surface area contributed by atoms with Gasteiger partial charge in [0.1, 0.15) is 5.82 Å². The van der Waals surface area contributed by atoms with Crippen LogP contribution in [0.1, 0.15) is 29.6 Å². The monoisotopic (exact) mass is 328 g/mol. The summed E-state index contributed by atoms with van der Waals surface area (Å²) < 4.78 is 13.5. The molecule has 0 aromatic heterocycles. The lowest BCUT2D eigenvalue weighted by Crippen LogP contribution is -2.37. The Bertz CT molecular complexity index is 459. The number of hydrogen-bond acceptors (Lipinski definition) is 2. The molecule has 1 N–H and O–H groups in total. The van der Waals surface area contributed by atoms with E-state index in [-0.39, 0.29) is 17.8 Å². The first kappa shape index (κ1) is 14.5. The molecule has 0 radical (unpaired) electrons. The first-order chi connectivity index (χ1) is 9.09. The number of halogens is 2. The van der Waals surface area contributed by atoms with Crippen molar-refractivity contribution in [2.45, 2.75) is 25.3 Å². The Balaban J connectivity index is 2.10. The van der Waals surface area contributed by atoms with Gasteiger partial charge in [-0.25, -0.2) is 4.39 Å². The van der Waals surface area contributed by atoms with Gasteiger partial charge < -0.3 is 10.2 Å². The van der Waals surface area contributed by atoms with Crippen LogP contribution in [-0.2, 0) is 0 Å². The van der Waals surface area contributed by atoms with Gasteiger partial charge >= 0.3 is 0 Å². The lowest BCUT2D eigenvalue weighted by atomic mass is 10.1. The Labute approximate surface area is 121 Å². The van der Waals surface area contributed by atoms with Gasteiger partial charge in [0.05, 0.1) is 4.47 Å². The fraction of sp³-hybridized carbons (Fsp3) is 0.500. The fourth-order valence-electron chi connectivity index (χ4n) is 2.39. The van der Waals surface area contributed by atoms with Crippen LogP contribution in [0.3, 0.4) is 0 Å². The summed E-state index contributed by atoms with van der Waals surface area (Å²) in [6.45, 7) is 1.95. The van der Waals surface area contributed by atoms with Gasteiger partial charge in [0.25, 0.3) is 5.91 Å². The zero-order valence-electron chi connectivity index (χ0n) is 11.0. The van der Waals surface area contributed by atoms with Gasteiger partial charge in [-0.15, -0.1) is 0 Å². The summed E-state index contributed by atoms with van der Waals surface area (Å²) in [6, 6.07) is 4.66. The van der Waals surface area contributed by atoms with Crippen LogP contribution in [0, 0.1) is 5.82 Å². The van der Waals surface area contributed by atoms with Crippen molar-refractivity contribution in [3.63, 3.8) is 0 Å². The Hall–Kier alpha value is -0.940. The minimum absolute atomic E-state index is 0.0485. The molecule has 104 valence electrons. The number of benzene rings is 1. The molecule has 1 aromatic rings. The van der Waals surface area contributed by atoms with Gasteiger partial charge in [0.15, 0.2) is 0 Å². The minimum atomic E-state index is -0.349. The molecule has 1 unspecified atom stereocenters. The third-order valence-corrected chi connectivity index (χ3v) is 4.19. The van der Waals surface area contributed by atoms with Crippen molar-refractivity contribution in [3.8, 4) is 0 Å². The van der Waals surface area contributed by atoms with E-state index in [1.807, 2.05) is 7.05 Å². The summed E-state index contributed by atoms with van der Waals surface area (Å²) in [5, 5.41) is 3.33. The highest BCUT2D eigenvalue weighted by Crippen LogP contribution is 2.20. The van der Waals surface area contributed by atoms with Crippen molar-refractivity contribution >= 4 is 21.8 Å². The molecule has 1 aliphatic rings. The summed E-state index contributed by atoms with van der Waals surface area (Å²) >= 11 is 3.12. The van der Waals surface area contributed by atoms with Crippen LogP contribution in [0.15, 0.2) is 22.7 Å². The zero-order chi connectivity index (χ0) is 13.8. The molecule has 1 amide bonds. The van der Waals surface area contributed by atoms with Crippen LogP contribution in [0.2, 0.25) is 0 Å². The van der Waals surface area contributed by atoms with Gasteiger partial charge in [-0.2, -0.15) is 0 Å².